The summed E-state index contributed by atoms with van der Waals surface area (Å²) in [7, 11) is 0. The molecule has 1 heterocycles. The van der Waals surface area contributed by atoms with Crippen molar-refractivity contribution in [3.63, 3.8) is 0 Å². The van der Waals surface area contributed by atoms with E-state index in [0.717, 1.165) is 24.3 Å². The summed E-state index contributed by atoms with van der Waals surface area (Å²) in [5.41, 5.74) is 4.50. The third-order valence-electron chi connectivity index (χ3n) is 7.02. The number of piperidine rings is 1. The van der Waals surface area contributed by atoms with Gasteiger partial charge in [0, 0.05) is 23.2 Å². The Morgan fingerprint density at radius 2 is 1.91 bits per heavy atom. The van der Waals surface area contributed by atoms with Crippen molar-refractivity contribution in [2.75, 3.05) is 11.9 Å². The highest BCUT2D eigenvalue weighted by Gasteiger charge is 2.51. The largest absolute Gasteiger partial charge is 0.508 e. The minimum absolute atomic E-state index is 0.218. The lowest BCUT2D eigenvalue weighted by Crippen LogP contribution is -2.59. The third kappa shape index (κ3) is 4.41. The summed E-state index contributed by atoms with van der Waals surface area (Å²) in [4.78, 5) is 8.70. The molecule has 2 fully saturated rings. The van der Waals surface area contributed by atoms with E-state index in [1.807, 2.05) is 12.1 Å². The van der Waals surface area contributed by atoms with Gasteiger partial charge in [-0.1, -0.05) is 18.9 Å². The molecule has 1 saturated carbocycles. The van der Waals surface area contributed by atoms with Crippen molar-refractivity contribution in [1.29, 1.82) is 0 Å². The van der Waals surface area contributed by atoms with Gasteiger partial charge in [0.1, 0.15) is 11.5 Å². The Kier molecular flexibility index (Phi) is 6.07. The zero-order chi connectivity index (χ0) is 22.9. The number of hydrogen-bond acceptors (Lipinski definition) is 5. The van der Waals surface area contributed by atoms with Crippen LogP contribution in [-0.4, -0.2) is 35.3 Å². The molecule has 32 heavy (non-hydrogen) atoms. The van der Waals surface area contributed by atoms with Crippen LogP contribution in [-0.2, 0) is 16.6 Å². The van der Waals surface area contributed by atoms with Crippen LogP contribution in [0.1, 0.15) is 43.2 Å². The molecule has 0 unspecified atom stereocenters. The molecule has 2 aromatic carbocycles. The van der Waals surface area contributed by atoms with Crippen molar-refractivity contribution in [2.24, 2.45) is 5.92 Å². The summed E-state index contributed by atoms with van der Waals surface area (Å²) >= 11 is 0. The number of phenols is 2. The topological polar surface area (TPSA) is 81.6 Å². The Bertz CT molecular complexity index is 991. The summed E-state index contributed by atoms with van der Waals surface area (Å²) in [6.07, 6.45) is 1.71. The van der Waals surface area contributed by atoms with Crippen LogP contribution in [0, 0.1) is 5.92 Å². The van der Waals surface area contributed by atoms with Gasteiger partial charge in [0.25, 0.3) is 0 Å². The highest BCUT2D eigenvalue weighted by molar-refractivity contribution is 5.69. The summed E-state index contributed by atoms with van der Waals surface area (Å²) in [5.74, 6) is 1.24. The number of carbonyl (C=O) groups is 1. The second kappa shape index (κ2) is 8.65. The molecule has 3 aliphatic rings. The van der Waals surface area contributed by atoms with Crippen LogP contribution in [0.5, 0.6) is 11.5 Å². The highest BCUT2D eigenvalue weighted by atomic mass is 19.4. The number of benzene rings is 2. The van der Waals surface area contributed by atoms with Crippen LogP contribution in [0.25, 0.3) is 0 Å². The second-order valence-corrected chi connectivity index (χ2v) is 8.88. The van der Waals surface area contributed by atoms with Crippen LogP contribution in [0.2, 0.25) is 0 Å². The van der Waals surface area contributed by atoms with Gasteiger partial charge in [-0.15, -0.1) is 0 Å². The molecule has 2 aromatic rings. The molecule has 2 bridgehead atoms. The summed E-state index contributed by atoms with van der Waals surface area (Å²) in [6, 6.07) is 11.7. The number of alkyl halides is 3. The van der Waals surface area contributed by atoms with E-state index in [1.54, 1.807) is 18.2 Å². The van der Waals surface area contributed by atoms with E-state index in [-0.39, 0.29) is 11.2 Å². The summed E-state index contributed by atoms with van der Waals surface area (Å²) < 4.78 is 31.2. The van der Waals surface area contributed by atoms with Gasteiger partial charge in [-0.2, -0.15) is 13.2 Å². The number of carbonyl (C=O) groups excluding carboxylic acids is 1. The second-order valence-electron chi connectivity index (χ2n) is 8.88. The number of hydrogen-bond donors (Lipinski definition) is 4. The zero-order valence-electron chi connectivity index (χ0n) is 17.6. The van der Waals surface area contributed by atoms with Gasteiger partial charge in [-0.05, 0) is 73.5 Å². The van der Waals surface area contributed by atoms with Crippen LogP contribution in [0.4, 0.5) is 24.5 Å². The van der Waals surface area contributed by atoms with E-state index in [2.05, 4.69) is 16.7 Å². The molecule has 4 N–H and O–H groups in total. The summed E-state index contributed by atoms with van der Waals surface area (Å²) in [6.45, 7) is 1.09. The molecule has 2 aliphatic carbocycles. The van der Waals surface area contributed by atoms with E-state index in [4.69, 9.17) is 4.79 Å². The van der Waals surface area contributed by atoms with Crippen LogP contribution < -0.4 is 10.6 Å². The van der Waals surface area contributed by atoms with Crippen molar-refractivity contribution in [1.82, 2.24) is 5.32 Å². The number of aldehydes is 1. The lowest BCUT2D eigenvalue weighted by Gasteiger charge is -2.56. The van der Waals surface area contributed by atoms with Crippen LogP contribution in [0.3, 0.4) is 0 Å². The Labute approximate surface area is 184 Å². The van der Waals surface area contributed by atoms with E-state index in [1.165, 1.54) is 43.2 Å². The molecule has 0 aromatic heterocycles. The molecule has 0 spiro atoms. The van der Waals surface area contributed by atoms with Crippen molar-refractivity contribution in [3.05, 3.63) is 47.5 Å². The fourth-order valence-corrected chi connectivity index (χ4v) is 5.81. The van der Waals surface area contributed by atoms with Gasteiger partial charge in [0.05, 0.1) is 5.69 Å². The SMILES string of the molecule is O=CC(F)(F)F.Oc1cccc(Nc2cc3c(cc2O)[C@]24CCCC[C@@H]2[C@H](C3)NCC4)c1. The van der Waals surface area contributed by atoms with E-state index < -0.39 is 12.5 Å². The van der Waals surface area contributed by atoms with Gasteiger partial charge in [-0.25, -0.2) is 0 Å². The molecule has 5 nitrogen and oxygen atoms in total. The quantitative estimate of drug-likeness (QED) is 0.387. The number of aromatic hydroxyl groups is 2. The van der Waals surface area contributed by atoms with E-state index in [0.29, 0.717) is 17.7 Å². The maximum atomic E-state index is 10.7. The number of halogens is 3. The van der Waals surface area contributed by atoms with E-state index >= 15 is 0 Å². The lowest BCUT2D eigenvalue weighted by atomic mass is 9.53. The molecule has 172 valence electrons. The Hall–Kier alpha value is -2.74. The monoisotopic (exact) mass is 448 g/mol. The summed E-state index contributed by atoms with van der Waals surface area (Å²) in [5, 5.41) is 27.4. The molecule has 0 amide bonds. The predicted molar refractivity (Wildman–Crippen MR) is 115 cm³/mol. The van der Waals surface area contributed by atoms with Crippen molar-refractivity contribution in [3.8, 4) is 11.5 Å². The Balaban J connectivity index is 0.000000363. The lowest BCUT2D eigenvalue weighted by molar-refractivity contribution is -0.156. The van der Waals surface area contributed by atoms with Gasteiger partial charge in [-0.3, -0.25) is 4.79 Å². The van der Waals surface area contributed by atoms with Crippen molar-refractivity contribution in [2.45, 2.75) is 56.2 Å². The standard InChI is InChI=1S/C22H26N2O2.C2HF3O/c25-16-5-3-4-15(12-16)24-20-11-14-10-19-17-6-1-2-7-22(17,8-9-23-19)18(14)13-21(20)26;3-2(4,5)1-6/h3-5,11-13,17,19,23-26H,1-2,6-10H2;1H/t17-,19+,22+;/m1./s1. The molecule has 8 heteroatoms. The molecule has 1 aliphatic heterocycles. The number of nitrogens with one attached hydrogen (secondary N) is 2. The molecule has 0 radical (unpaired) electrons. The third-order valence-corrected chi connectivity index (χ3v) is 7.02. The smallest absolute Gasteiger partial charge is 0.446 e. The minimum atomic E-state index is -4.64. The van der Waals surface area contributed by atoms with Crippen molar-refractivity contribution >= 4 is 17.7 Å². The first-order valence-electron chi connectivity index (χ1n) is 10.9. The van der Waals surface area contributed by atoms with Gasteiger partial charge in [0.15, 0.2) is 0 Å². The first-order valence-corrected chi connectivity index (χ1v) is 10.9. The number of phenolic OH excluding ortho intramolecular Hbond substituents is 2. The first kappa shape index (κ1) is 22.5. The number of fused-ring (bicyclic) bond motifs is 1. The Morgan fingerprint density at radius 3 is 2.62 bits per heavy atom. The minimum Gasteiger partial charge on any atom is -0.508 e. The molecular formula is C24H27F3N2O3. The highest BCUT2D eigenvalue weighted by Crippen LogP contribution is 2.55. The predicted octanol–water partition coefficient (Wildman–Crippen LogP) is 4.94. The van der Waals surface area contributed by atoms with Gasteiger partial charge < -0.3 is 20.8 Å². The van der Waals surface area contributed by atoms with Gasteiger partial charge in [0.2, 0.25) is 6.29 Å². The molecule has 5 rings (SSSR count). The first-order chi connectivity index (χ1) is 15.2. The average Bonchev–Trinajstić information content (AvgIpc) is 2.75. The van der Waals surface area contributed by atoms with Crippen molar-refractivity contribution < 1.29 is 28.2 Å². The molecular weight excluding hydrogens is 421 g/mol. The van der Waals surface area contributed by atoms with Crippen LogP contribution >= 0.6 is 0 Å². The fourth-order valence-electron chi connectivity index (χ4n) is 5.81. The normalized spacial score (nSPS) is 26.1. The fraction of sp³-hybridized carbons (Fsp3) is 0.458. The molecule has 3 atom stereocenters. The number of anilines is 2. The van der Waals surface area contributed by atoms with E-state index in [9.17, 15) is 23.4 Å². The number of rotatable bonds is 2. The van der Waals surface area contributed by atoms with Gasteiger partial charge >= 0.3 is 6.18 Å². The Morgan fingerprint density at radius 1 is 1.12 bits per heavy atom. The maximum Gasteiger partial charge on any atom is 0.446 e. The molecule has 1 saturated heterocycles. The van der Waals surface area contributed by atoms with Crippen LogP contribution in [0.15, 0.2) is 36.4 Å². The zero-order valence-corrected chi connectivity index (χ0v) is 17.6. The maximum absolute atomic E-state index is 10.7. The average molecular weight is 448 g/mol.